The molecule has 0 saturated carbocycles. The Hall–Kier alpha value is -1.82. The summed E-state index contributed by atoms with van der Waals surface area (Å²) in [6.45, 7) is 1.39. The van der Waals surface area contributed by atoms with Gasteiger partial charge in [0.05, 0.1) is 0 Å². The Bertz CT molecular complexity index is 597. The maximum absolute atomic E-state index is 11.1. The molecule has 1 aromatic carbocycles. The van der Waals surface area contributed by atoms with E-state index >= 15 is 0 Å². The normalized spacial score (nSPS) is 17.9. The van der Waals surface area contributed by atoms with Crippen LogP contribution in [0.15, 0.2) is 33.7 Å². The second-order valence-electron chi connectivity index (χ2n) is 3.88. The van der Waals surface area contributed by atoms with Crippen LogP contribution in [0.25, 0.3) is 0 Å². The van der Waals surface area contributed by atoms with Crippen molar-refractivity contribution in [1.29, 1.82) is 0 Å². The number of benzene rings is 1. The minimum absolute atomic E-state index is 0.0254. The van der Waals surface area contributed by atoms with Gasteiger partial charge in [0.25, 0.3) is 5.89 Å². The summed E-state index contributed by atoms with van der Waals surface area (Å²) in [5.41, 5.74) is 0. The molecule has 1 unspecified atom stereocenters. The minimum Gasteiger partial charge on any atom is -0.480 e. The summed E-state index contributed by atoms with van der Waals surface area (Å²) in [5.74, 6) is 1.72. The molecule has 0 radical (unpaired) electrons. The Morgan fingerprint density at radius 1 is 1.44 bits per heavy atom. The van der Waals surface area contributed by atoms with Gasteiger partial charge in [0.1, 0.15) is 5.75 Å². The fraction of sp³-hybridized carbons (Fsp3) is 0.250. The molecule has 0 N–H and O–H groups in total. The van der Waals surface area contributed by atoms with Crippen molar-refractivity contribution in [2.75, 3.05) is 5.75 Å². The van der Waals surface area contributed by atoms with Crippen molar-refractivity contribution in [2.45, 2.75) is 17.9 Å². The first-order chi connectivity index (χ1) is 8.74. The van der Waals surface area contributed by atoms with Gasteiger partial charge in [0, 0.05) is 17.6 Å². The number of rotatable bonds is 2. The lowest BCUT2D eigenvalue weighted by molar-refractivity contribution is 0.0971. The Balaban J connectivity index is 1.85. The largest absolute Gasteiger partial charge is 0.480 e. The van der Waals surface area contributed by atoms with Gasteiger partial charge in [-0.2, -0.15) is 4.98 Å². The summed E-state index contributed by atoms with van der Waals surface area (Å²) >= 11 is 1.68. The van der Waals surface area contributed by atoms with E-state index < -0.39 is 0 Å². The first kappa shape index (κ1) is 11.3. The zero-order chi connectivity index (χ0) is 12.5. The van der Waals surface area contributed by atoms with Crippen LogP contribution in [-0.2, 0) is 0 Å². The first-order valence-corrected chi connectivity index (χ1v) is 6.45. The van der Waals surface area contributed by atoms with Crippen molar-refractivity contribution < 1.29 is 14.1 Å². The monoisotopic (exact) mass is 262 g/mol. The summed E-state index contributed by atoms with van der Waals surface area (Å²) < 4.78 is 10.7. The van der Waals surface area contributed by atoms with Crippen molar-refractivity contribution in [3.63, 3.8) is 0 Å². The lowest BCUT2D eigenvalue weighted by Crippen LogP contribution is -2.16. The van der Waals surface area contributed by atoms with E-state index in [0.717, 1.165) is 10.6 Å². The third-order valence-electron chi connectivity index (χ3n) is 2.54. The molecule has 0 fully saturated rings. The molecule has 0 amide bonds. The number of carbonyl (C=O) groups excluding carboxylic acids is 1. The number of fused-ring (bicyclic) bond motifs is 1. The Morgan fingerprint density at radius 2 is 2.28 bits per heavy atom. The molecule has 0 spiro atoms. The van der Waals surface area contributed by atoms with Crippen LogP contribution in [0.5, 0.6) is 5.75 Å². The number of carbonyl (C=O) groups is 1. The molecule has 0 aliphatic carbocycles. The molecule has 0 saturated heterocycles. The lowest BCUT2D eigenvalue weighted by atomic mass is 10.3. The van der Waals surface area contributed by atoms with E-state index in [9.17, 15) is 4.79 Å². The number of aromatic nitrogens is 2. The predicted octanol–water partition coefficient (Wildman–Crippen LogP) is 2.50. The van der Waals surface area contributed by atoms with Crippen molar-refractivity contribution in [2.24, 2.45) is 0 Å². The summed E-state index contributed by atoms with van der Waals surface area (Å²) in [4.78, 5) is 16.2. The van der Waals surface area contributed by atoms with Crippen molar-refractivity contribution >= 4 is 17.5 Å². The molecule has 3 rings (SSSR count). The van der Waals surface area contributed by atoms with Crippen LogP contribution in [0, 0.1) is 0 Å². The summed E-state index contributed by atoms with van der Waals surface area (Å²) in [5, 5.41) is 3.79. The van der Waals surface area contributed by atoms with Gasteiger partial charge in [-0.05, 0) is 12.1 Å². The van der Waals surface area contributed by atoms with Gasteiger partial charge >= 0.3 is 0 Å². The number of nitrogens with zero attached hydrogens (tertiary/aromatic N) is 2. The Morgan fingerprint density at radius 3 is 3.06 bits per heavy atom. The molecule has 1 aliphatic heterocycles. The molecule has 6 heteroatoms. The Labute approximate surface area is 108 Å². The molecule has 0 bridgehead atoms. The fourth-order valence-electron chi connectivity index (χ4n) is 1.66. The molecule has 1 aromatic heterocycles. The summed E-state index contributed by atoms with van der Waals surface area (Å²) in [6.07, 6.45) is -0.276. The van der Waals surface area contributed by atoms with Crippen LogP contribution in [0.4, 0.5) is 0 Å². The highest BCUT2D eigenvalue weighted by Gasteiger charge is 2.26. The van der Waals surface area contributed by atoms with E-state index in [2.05, 4.69) is 10.1 Å². The lowest BCUT2D eigenvalue weighted by Gasteiger charge is -2.22. The van der Waals surface area contributed by atoms with Gasteiger partial charge in [-0.1, -0.05) is 17.3 Å². The van der Waals surface area contributed by atoms with Crippen LogP contribution in [0.2, 0.25) is 0 Å². The van der Waals surface area contributed by atoms with E-state index in [4.69, 9.17) is 9.26 Å². The molecule has 1 aliphatic rings. The van der Waals surface area contributed by atoms with Gasteiger partial charge < -0.3 is 9.26 Å². The summed E-state index contributed by atoms with van der Waals surface area (Å²) in [6, 6.07) is 7.80. The van der Waals surface area contributed by atoms with Gasteiger partial charge in [0.15, 0.2) is 6.10 Å². The maximum Gasteiger partial charge on any atom is 0.293 e. The van der Waals surface area contributed by atoms with E-state index in [0.29, 0.717) is 11.6 Å². The number of thioether (sulfide) groups is 1. The van der Waals surface area contributed by atoms with Crippen molar-refractivity contribution in [3.8, 4) is 5.75 Å². The SMILES string of the molecule is CC(=O)c1nc(C2CSc3ccccc3O2)no1. The van der Waals surface area contributed by atoms with Gasteiger partial charge in [-0.25, -0.2) is 0 Å². The molecule has 2 aromatic rings. The smallest absolute Gasteiger partial charge is 0.293 e. The van der Waals surface area contributed by atoms with Crippen LogP contribution < -0.4 is 4.74 Å². The standard InChI is InChI=1S/C12H10N2O3S/c1-7(15)12-13-11(14-17-12)9-6-18-10-5-3-2-4-8(10)16-9/h2-5,9H,6H2,1H3. The van der Waals surface area contributed by atoms with E-state index in [-0.39, 0.29) is 17.8 Å². The number of Topliss-reactive ketones (excluding diaryl/α,β-unsaturated/α-hetero) is 1. The Kier molecular flexibility index (Phi) is 2.79. The van der Waals surface area contributed by atoms with Crippen molar-refractivity contribution in [1.82, 2.24) is 10.1 Å². The van der Waals surface area contributed by atoms with Crippen LogP contribution >= 0.6 is 11.8 Å². The third-order valence-corrected chi connectivity index (χ3v) is 3.66. The van der Waals surface area contributed by atoms with Gasteiger partial charge in [-0.15, -0.1) is 11.8 Å². The number of ketones is 1. The van der Waals surface area contributed by atoms with Gasteiger partial charge in [-0.3, -0.25) is 4.79 Å². The predicted molar refractivity (Wildman–Crippen MR) is 64.8 cm³/mol. The molecule has 18 heavy (non-hydrogen) atoms. The number of hydrogen-bond donors (Lipinski definition) is 0. The second-order valence-corrected chi connectivity index (χ2v) is 4.94. The quantitative estimate of drug-likeness (QED) is 0.775. The van der Waals surface area contributed by atoms with Crippen molar-refractivity contribution in [3.05, 3.63) is 36.0 Å². The zero-order valence-corrected chi connectivity index (χ0v) is 10.4. The zero-order valence-electron chi connectivity index (χ0n) is 9.62. The molecule has 5 nitrogen and oxygen atoms in total. The molecule has 2 heterocycles. The average Bonchev–Trinajstić information content (AvgIpc) is 2.88. The molecular weight excluding hydrogens is 252 g/mol. The first-order valence-electron chi connectivity index (χ1n) is 5.47. The van der Waals surface area contributed by atoms with Crippen LogP contribution in [0.1, 0.15) is 29.5 Å². The molecule has 1 atom stereocenters. The highest BCUT2D eigenvalue weighted by atomic mass is 32.2. The van der Waals surface area contributed by atoms with Crippen LogP contribution in [-0.4, -0.2) is 21.7 Å². The number of ether oxygens (including phenoxy) is 1. The van der Waals surface area contributed by atoms with E-state index in [1.165, 1.54) is 6.92 Å². The van der Waals surface area contributed by atoms with E-state index in [1.807, 2.05) is 24.3 Å². The van der Waals surface area contributed by atoms with Crippen LogP contribution in [0.3, 0.4) is 0 Å². The molecule has 92 valence electrons. The van der Waals surface area contributed by atoms with Gasteiger partial charge in [0.2, 0.25) is 11.6 Å². The van der Waals surface area contributed by atoms with E-state index in [1.54, 1.807) is 11.8 Å². The number of hydrogen-bond acceptors (Lipinski definition) is 6. The molecular formula is C12H10N2O3S. The number of para-hydroxylation sites is 1. The maximum atomic E-state index is 11.1. The minimum atomic E-state index is -0.276. The third kappa shape index (κ3) is 1.99. The fourth-order valence-corrected chi connectivity index (χ4v) is 2.64. The highest BCUT2D eigenvalue weighted by Crippen LogP contribution is 2.39. The highest BCUT2D eigenvalue weighted by molar-refractivity contribution is 7.99. The summed E-state index contributed by atoms with van der Waals surface area (Å²) in [7, 11) is 0. The average molecular weight is 262 g/mol. The topological polar surface area (TPSA) is 65.2 Å². The second kappa shape index (κ2) is 4.45.